The van der Waals surface area contributed by atoms with E-state index < -0.39 is 6.10 Å². The SMILES string of the molecule is COc1ccc(OC[C@H](O)CN(C)c2ccccc2)cc1. The first-order valence-corrected chi connectivity index (χ1v) is 6.90. The fourth-order valence-electron chi connectivity index (χ4n) is 2.02. The Labute approximate surface area is 125 Å². The van der Waals surface area contributed by atoms with Crippen LogP contribution in [-0.4, -0.2) is 38.5 Å². The third kappa shape index (κ3) is 4.68. The third-order valence-corrected chi connectivity index (χ3v) is 3.18. The highest BCUT2D eigenvalue weighted by Gasteiger charge is 2.09. The van der Waals surface area contributed by atoms with E-state index >= 15 is 0 Å². The minimum absolute atomic E-state index is 0.253. The number of nitrogens with zero attached hydrogens (tertiary/aromatic N) is 1. The van der Waals surface area contributed by atoms with E-state index in [-0.39, 0.29) is 6.61 Å². The van der Waals surface area contributed by atoms with E-state index in [0.717, 1.165) is 17.2 Å². The van der Waals surface area contributed by atoms with Crippen molar-refractivity contribution in [2.45, 2.75) is 6.10 Å². The molecule has 0 aliphatic heterocycles. The molecule has 2 aromatic rings. The molecular formula is C17H21NO3. The molecule has 0 saturated carbocycles. The summed E-state index contributed by atoms with van der Waals surface area (Å²) in [5.41, 5.74) is 1.07. The van der Waals surface area contributed by atoms with Crippen LogP contribution in [0.5, 0.6) is 11.5 Å². The fourth-order valence-corrected chi connectivity index (χ4v) is 2.02. The predicted molar refractivity (Wildman–Crippen MR) is 84.2 cm³/mol. The number of ether oxygens (including phenoxy) is 2. The quantitative estimate of drug-likeness (QED) is 0.850. The molecule has 1 atom stereocenters. The average molecular weight is 287 g/mol. The van der Waals surface area contributed by atoms with E-state index in [1.165, 1.54) is 0 Å². The van der Waals surface area contributed by atoms with Crippen LogP contribution in [0.25, 0.3) is 0 Å². The van der Waals surface area contributed by atoms with Gasteiger partial charge >= 0.3 is 0 Å². The summed E-state index contributed by atoms with van der Waals surface area (Å²) in [7, 11) is 3.57. The van der Waals surface area contributed by atoms with Gasteiger partial charge in [-0.05, 0) is 36.4 Å². The highest BCUT2D eigenvalue weighted by atomic mass is 16.5. The van der Waals surface area contributed by atoms with Gasteiger partial charge in [-0.15, -0.1) is 0 Å². The van der Waals surface area contributed by atoms with E-state index in [2.05, 4.69) is 0 Å². The molecule has 2 rings (SSSR count). The molecule has 0 spiro atoms. The lowest BCUT2D eigenvalue weighted by molar-refractivity contribution is 0.113. The molecule has 0 saturated heterocycles. The molecule has 0 fully saturated rings. The van der Waals surface area contributed by atoms with Crippen molar-refractivity contribution in [3.63, 3.8) is 0 Å². The van der Waals surface area contributed by atoms with Gasteiger partial charge in [-0.1, -0.05) is 18.2 Å². The fraction of sp³-hybridized carbons (Fsp3) is 0.294. The maximum absolute atomic E-state index is 10.1. The maximum atomic E-state index is 10.1. The van der Waals surface area contributed by atoms with Gasteiger partial charge in [-0.25, -0.2) is 0 Å². The zero-order chi connectivity index (χ0) is 15.1. The molecule has 0 aliphatic rings. The molecule has 0 unspecified atom stereocenters. The van der Waals surface area contributed by atoms with Gasteiger partial charge in [0.05, 0.1) is 7.11 Å². The lowest BCUT2D eigenvalue weighted by Crippen LogP contribution is -2.33. The van der Waals surface area contributed by atoms with E-state index in [9.17, 15) is 5.11 Å². The van der Waals surface area contributed by atoms with Gasteiger partial charge < -0.3 is 19.5 Å². The largest absolute Gasteiger partial charge is 0.497 e. The molecule has 2 aromatic carbocycles. The Morgan fingerprint density at radius 3 is 2.24 bits per heavy atom. The normalized spacial score (nSPS) is 11.8. The molecule has 0 radical (unpaired) electrons. The molecule has 4 nitrogen and oxygen atoms in total. The second-order valence-corrected chi connectivity index (χ2v) is 4.86. The summed E-state index contributed by atoms with van der Waals surface area (Å²) >= 11 is 0. The Kier molecular flexibility index (Phi) is 5.46. The number of anilines is 1. The smallest absolute Gasteiger partial charge is 0.119 e. The van der Waals surface area contributed by atoms with Gasteiger partial charge in [0.1, 0.15) is 24.2 Å². The van der Waals surface area contributed by atoms with Gasteiger partial charge in [-0.3, -0.25) is 0 Å². The van der Waals surface area contributed by atoms with Crippen molar-refractivity contribution < 1.29 is 14.6 Å². The van der Waals surface area contributed by atoms with E-state index in [4.69, 9.17) is 9.47 Å². The standard InChI is InChI=1S/C17H21NO3/c1-18(14-6-4-3-5-7-14)12-15(19)13-21-17-10-8-16(20-2)9-11-17/h3-11,15,19H,12-13H2,1-2H3/t15-/m1/s1. The summed E-state index contributed by atoms with van der Waals surface area (Å²) in [4.78, 5) is 2.00. The molecule has 0 amide bonds. The Hall–Kier alpha value is -2.20. The topological polar surface area (TPSA) is 41.9 Å². The van der Waals surface area contributed by atoms with Crippen LogP contribution < -0.4 is 14.4 Å². The third-order valence-electron chi connectivity index (χ3n) is 3.18. The summed E-state index contributed by atoms with van der Waals surface area (Å²) in [6.45, 7) is 0.768. The van der Waals surface area contributed by atoms with Crippen LogP contribution in [0.1, 0.15) is 0 Å². The van der Waals surface area contributed by atoms with Crippen molar-refractivity contribution >= 4 is 5.69 Å². The molecular weight excluding hydrogens is 266 g/mol. The van der Waals surface area contributed by atoms with Crippen LogP contribution >= 0.6 is 0 Å². The first-order valence-electron chi connectivity index (χ1n) is 6.90. The minimum Gasteiger partial charge on any atom is -0.497 e. The van der Waals surface area contributed by atoms with Crippen molar-refractivity contribution in [3.8, 4) is 11.5 Å². The van der Waals surface area contributed by atoms with Crippen LogP contribution in [0, 0.1) is 0 Å². The lowest BCUT2D eigenvalue weighted by Gasteiger charge is -2.22. The van der Waals surface area contributed by atoms with E-state index in [0.29, 0.717) is 6.54 Å². The van der Waals surface area contributed by atoms with Crippen molar-refractivity contribution in [1.82, 2.24) is 0 Å². The molecule has 21 heavy (non-hydrogen) atoms. The number of rotatable bonds is 7. The number of benzene rings is 2. The highest BCUT2D eigenvalue weighted by Crippen LogP contribution is 2.17. The van der Waals surface area contributed by atoms with Crippen molar-refractivity contribution in [3.05, 3.63) is 54.6 Å². The Balaban J connectivity index is 1.80. The first kappa shape index (κ1) is 15.2. The van der Waals surface area contributed by atoms with Gasteiger partial charge in [0, 0.05) is 19.3 Å². The van der Waals surface area contributed by atoms with Gasteiger partial charge in [-0.2, -0.15) is 0 Å². The van der Waals surface area contributed by atoms with Crippen molar-refractivity contribution in [2.75, 3.05) is 32.2 Å². The lowest BCUT2D eigenvalue weighted by atomic mass is 10.2. The highest BCUT2D eigenvalue weighted by molar-refractivity contribution is 5.45. The molecule has 112 valence electrons. The summed E-state index contributed by atoms with van der Waals surface area (Å²) in [6, 6.07) is 17.3. The minimum atomic E-state index is -0.558. The van der Waals surface area contributed by atoms with E-state index in [1.54, 1.807) is 7.11 Å². The van der Waals surface area contributed by atoms with Crippen molar-refractivity contribution in [2.24, 2.45) is 0 Å². The van der Waals surface area contributed by atoms with Gasteiger partial charge in [0.2, 0.25) is 0 Å². The number of hydrogen-bond donors (Lipinski definition) is 1. The van der Waals surface area contributed by atoms with Crippen LogP contribution in [0.15, 0.2) is 54.6 Å². The Bertz CT molecular complexity index is 527. The van der Waals surface area contributed by atoms with E-state index in [1.807, 2.05) is 66.5 Å². The zero-order valence-electron chi connectivity index (χ0n) is 12.4. The van der Waals surface area contributed by atoms with Crippen molar-refractivity contribution in [1.29, 1.82) is 0 Å². The summed E-state index contributed by atoms with van der Waals surface area (Å²) < 4.78 is 10.7. The summed E-state index contributed by atoms with van der Waals surface area (Å²) in [6.07, 6.45) is -0.558. The second-order valence-electron chi connectivity index (χ2n) is 4.86. The maximum Gasteiger partial charge on any atom is 0.119 e. The monoisotopic (exact) mass is 287 g/mol. The molecule has 0 bridgehead atoms. The summed E-state index contributed by atoms with van der Waals surface area (Å²) in [5.74, 6) is 1.50. The zero-order valence-corrected chi connectivity index (χ0v) is 12.4. The molecule has 0 heterocycles. The molecule has 0 aliphatic carbocycles. The molecule has 1 N–H and O–H groups in total. The second kappa shape index (κ2) is 7.55. The molecule has 4 heteroatoms. The number of likely N-dealkylation sites (N-methyl/N-ethyl adjacent to an activating group) is 1. The number of methoxy groups -OCH3 is 1. The molecule has 0 aromatic heterocycles. The Morgan fingerprint density at radius 1 is 1.00 bits per heavy atom. The van der Waals surface area contributed by atoms with Crippen LogP contribution in [0.4, 0.5) is 5.69 Å². The number of aliphatic hydroxyl groups excluding tert-OH is 1. The number of aliphatic hydroxyl groups is 1. The number of para-hydroxylation sites is 1. The van der Waals surface area contributed by atoms with Crippen LogP contribution in [0.2, 0.25) is 0 Å². The predicted octanol–water partition coefficient (Wildman–Crippen LogP) is 2.57. The van der Waals surface area contributed by atoms with Crippen LogP contribution in [0.3, 0.4) is 0 Å². The van der Waals surface area contributed by atoms with Gasteiger partial charge in [0.25, 0.3) is 0 Å². The average Bonchev–Trinajstić information content (AvgIpc) is 2.54. The Morgan fingerprint density at radius 2 is 1.62 bits per heavy atom. The van der Waals surface area contributed by atoms with Gasteiger partial charge in [0.15, 0.2) is 0 Å². The number of hydrogen-bond acceptors (Lipinski definition) is 4. The van der Waals surface area contributed by atoms with Crippen LogP contribution in [-0.2, 0) is 0 Å². The summed E-state index contributed by atoms with van der Waals surface area (Å²) in [5, 5.41) is 10.1. The first-order chi connectivity index (χ1) is 10.2.